The SMILES string of the molecule is O=C(CC1(O)CCCC1)Oc1ccccc1. The predicted molar refractivity (Wildman–Crippen MR) is 60.1 cm³/mol. The van der Waals surface area contributed by atoms with Crippen LogP contribution in [0, 0.1) is 0 Å². The summed E-state index contributed by atoms with van der Waals surface area (Å²) in [6, 6.07) is 8.95. The zero-order valence-electron chi connectivity index (χ0n) is 9.19. The second kappa shape index (κ2) is 4.66. The van der Waals surface area contributed by atoms with Crippen molar-refractivity contribution < 1.29 is 14.6 Å². The van der Waals surface area contributed by atoms with Crippen LogP contribution in [0.5, 0.6) is 5.75 Å². The van der Waals surface area contributed by atoms with Crippen molar-refractivity contribution >= 4 is 5.97 Å². The lowest BCUT2D eigenvalue weighted by Gasteiger charge is -2.20. The molecule has 0 spiro atoms. The molecule has 3 nitrogen and oxygen atoms in total. The monoisotopic (exact) mass is 220 g/mol. The normalized spacial score (nSPS) is 18.3. The van der Waals surface area contributed by atoms with Gasteiger partial charge in [0.2, 0.25) is 0 Å². The van der Waals surface area contributed by atoms with Gasteiger partial charge >= 0.3 is 5.97 Å². The van der Waals surface area contributed by atoms with E-state index < -0.39 is 5.60 Å². The molecule has 1 fully saturated rings. The Balaban J connectivity index is 1.89. The van der Waals surface area contributed by atoms with Crippen LogP contribution >= 0.6 is 0 Å². The Bertz CT molecular complexity index is 353. The van der Waals surface area contributed by atoms with Gasteiger partial charge in [-0.25, -0.2) is 0 Å². The molecule has 0 atom stereocenters. The molecule has 0 radical (unpaired) electrons. The molecule has 86 valence electrons. The molecule has 16 heavy (non-hydrogen) atoms. The van der Waals surface area contributed by atoms with Gasteiger partial charge in [0.15, 0.2) is 0 Å². The second-order valence-electron chi connectivity index (χ2n) is 4.40. The topological polar surface area (TPSA) is 46.5 Å². The highest BCUT2D eigenvalue weighted by molar-refractivity contribution is 5.73. The average Bonchev–Trinajstić information content (AvgIpc) is 2.66. The molecule has 3 heteroatoms. The summed E-state index contributed by atoms with van der Waals surface area (Å²) in [4.78, 5) is 11.6. The number of rotatable bonds is 3. The van der Waals surface area contributed by atoms with Crippen LogP contribution in [-0.2, 0) is 4.79 Å². The van der Waals surface area contributed by atoms with Crippen molar-refractivity contribution in [1.82, 2.24) is 0 Å². The van der Waals surface area contributed by atoms with E-state index in [4.69, 9.17) is 4.74 Å². The zero-order chi connectivity index (χ0) is 11.4. The Kier molecular flexibility index (Phi) is 3.25. The Morgan fingerprint density at radius 2 is 1.88 bits per heavy atom. The Morgan fingerprint density at radius 3 is 2.50 bits per heavy atom. The van der Waals surface area contributed by atoms with Gasteiger partial charge in [-0.2, -0.15) is 0 Å². The maximum absolute atomic E-state index is 11.6. The Hall–Kier alpha value is -1.35. The Labute approximate surface area is 95.0 Å². The zero-order valence-corrected chi connectivity index (χ0v) is 9.19. The van der Waals surface area contributed by atoms with Crippen LogP contribution in [0.3, 0.4) is 0 Å². The highest BCUT2D eigenvalue weighted by atomic mass is 16.5. The molecule has 1 aliphatic carbocycles. The summed E-state index contributed by atoms with van der Waals surface area (Å²) >= 11 is 0. The van der Waals surface area contributed by atoms with E-state index in [1.165, 1.54) is 0 Å². The number of hydrogen-bond acceptors (Lipinski definition) is 3. The minimum absolute atomic E-state index is 0.0991. The van der Waals surface area contributed by atoms with Gasteiger partial charge in [-0.15, -0.1) is 0 Å². The lowest BCUT2D eigenvalue weighted by Crippen LogP contribution is -2.29. The fraction of sp³-hybridized carbons (Fsp3) is 0.462. The number of ether oxygens (including phenoxy) is 1. The maximum Gasteiger partial charge on any atom is 0.314 e. The van der Waals surface area contributed by atoms with E-state index in [-0.39, 0.29) is 12.4 Å². The molecule has 1 saturated carbocycles. The molecule has 0 aliphatic heterocycles. The summed E-state index contributed by atoms with van der Waals surface area (Å²) in [5.41, 5.74) is -0.828. The third-order valence-corrected chi connectivity index (χ3v) is 2.98. The van der Waals surface area contributed by atoms with E-state index in [9.17, 15) is 9.90 Å². The van der Waals surface area contributed by atoms with E-state index in [1.54, 1.807) is 12.1 Å². The van der Waals surface area contributed by atoms with Crippen LogP contribution in [0.25, 0.3) is 0 Å². The van der Waals surface area contributed by atoms with Crippen molar-refractivity contribution in [2.45, 2.75) is 37.7 Å². The van der Waals surface area contributed by atoms with Gasteiger partial charge in [-0.05, 0) is 25.0 Å². The summed E-state index contributed by atoms with van der Waals surface area (Å²) in [5.74, 6) is 0.185. The largest absolute Gasteiger partial charge is 0.426 e. The number of esters is 1. The van der Waals surface area contributed by atoms with E-state index in [2.05, 4.69) is 0 Å². The molecule has 1 aliphatic rings. The number of para-hydroxylation sites is 1. The molecule has 1 aromatic carbocycles. The van der Waals surface area contributed by atoms with Crippen molar-refractivity contribution in [2.24, 2.45) is 0 Å². The molecule has 0 saturated heterocycles. The first-order chi connectivity index (χ1) is 7.68. The molecule has 0 bridgehead atoms. The van der Waals surface area contributed by atoms with Crippen molar-refractivity contribution in [3.63, 3.8) is 0 Å². The smallest absolute Gasteiger partial charge is 0.314 e. The summed E-state index contributed by atoms with van der Waals surface area (Å²) in [6.07, 6.45) is 3.50. The highest BCUT2D eigenvalue weighted by Crippen LogP contribution is 2.32. The van der Waals surface area contributed by atoms with Gasteiger partial charge in [-0.3, -0.25) is 4.79 Å². The van der Waals surface area contributed by atoms with Crippen molar-refractivity contribution in [3.05, 3.63) is 30.3 Å². The molecular weight excluding hydrogens is 204 g/mol. The highest BCUT2D eigenvalue weighted by Gasteiger charge is 2.34. The van der Waals surface area contributed by atoms with Crippen molar-refractivity contribution in [1.29, 1.82) is 0 Å². The van der Waals surface area contributed by atoms with Crippen LogP contribution in [0.15, 0.2) is 30.3 Å². The first kappa shape index (κ1) is 11.1. The molecule has 0 amide bonds. The van der Waals surface area contributed by atoms with Crippen LogP contribution in [0.4, 0.5) is 0 Å². The summed E-state index contributed by atoms with van der Waals surface area (Å²) < 4.78 is 5.14. The van der Waals surface area contributed by atoms with Gasteiger partial charge in [0, 0.05) is 0 Å². The van der Waals surface area contributed by atoms with E-state index in [1.807, 2.05) is 18.2 Å². The van der Waals surface area contributed by atoms with E-state index >= 15 is 0 Å². The van der Waals surface area contributed by atoms with Crippen LogP contribution in [0.2, 0.25) is 0 Å². The Morgan fingerprint density at radius 1 is 1.25 bits per heavy atom. The van der Waals surface area contributed by atoms with E-state index in [0.29, 0.717) is 18.6 Å². The molecule has 0 heterocycles. The molecular formula is C13H16O3. The van der Waals surface area contributed by atoms with Crippen molar-refractivity contribution in [2.75, 3.05) is 0 Å². The molecule has 0 aromatic heterocycles. The summed E-state index contributed by atoms with van der Waals surface area (Å²) in [6.45, 7) is 0. The van der Waals surface area contributed by atoms with Crippen LogP contribution in [0.1, 0.15) is 32.1 Å². The average molecular weight is 220 g/mol. The molecule has 1 aromatic rings. The first-order valence-electron chi connectivity index (χ1n) is 5.66. The van der Waals surface area contributed by atoms with Crippen LogP contribution in [-0.4, -0.2) is 16.7 Å². The number of hydrogen-bond donors (Lipinski definition) is 1. The lowest BCUT2D eigenvalue weighted by molar-refractivity contribution is -0.139. The van der Waals surface area contributed by atoms with Crippen LogP contribution < -0.4 is 4.74 Å². The standard InChI is InChI=1S/C13H16O3/c14-12(10-13(15)8-4-5-9-13)16-11-6-2-1-3-7-11/h1-3,6-7,15H,4-5,8-10H2. The first-order valence-corrected chi connectivity index (χ1v) is 5.66. The summed E-state index contributed by atoms with van der Waals surface area (Å²) in [7, 11) is 0. The minimum atomic E-state index is -0.828. The lowest BCUT2D eigenvalue weighted by atomic mass is 9.98. The van der Waals surface area contributed by atoms with E-state index in [0.717, 1.165) is 12.8 Å². The number of benzene rings is 1. The fourth-order valence-electron chi connectivity index (χ4n) is 2.13. The van der Waals surface area contributed by atoms with Gasteiger partial charge in [0.05, 0.1) is 12.0 Å². The summed E-state index contributed by atoms with van der Waals surface area (Å²) in [5, 5.41) is 10.0. The molecule has 0 unspecified atom stereocenters. The predicted octanol–water partition coefficient (Wildman–Crippen LogP) is 2.29. The number of carbonyl (C=O) groups is 1. The molecule has 2 rings (SSSR count). The third kappa shape index (κ3) is 2.83. The number of carbonyl (C=O) groups excluding carboxylic acids is 1. The van der Waals surface area contributed by atoms with Gasteiger partial charge in [0.25, 0.3) is 0 Å². The van der Waals surface area contributed by atoms with Gasteiger partial charge < -0.3 is 9.84 Å². The quantitative estimate of drug-likeness (QED) is 0.628. The minimum Gasteiger partial charge on any atom is -0.426 e. The van der Waals surface area contributed by atoms with Gasteiger partial charge in [-0.1, -0.05) is 31.0 Å². The van der Waals surface area contributed by atoms with Gasteiger partial charge in [0.1, 0.15) is 5.75 Å². The maximum atomic E-state index is 11.6. The molecule has 1 N–H and O–H groups in total. The number of aliphatic hydroxyl groups is 1. The van der Waals surface area contributed by atoms with Crippen molar-refractivity contribution in [3.8, 4) is 5.75 Å². The third-order valence-electron chi connectivity index (χ3n) is 2.98. The second-order valence-corrected chi connectivity index (χ2v) is 4.40. The fourth-order valence-corrected chi connectivity index (χ4v) is 2.13.